The summed E-state index contributed by atoms with van der Waals surface area (Å²) in [7, 11) is -1.21. The average Bonchev–Trinajstić information content (AvgIpc) is 2.36. The number of oxazole rings is 1. The number of nitrogens with zero attached hydrogens (tertiary/aromatic N) is 1. The summed E-state index contributed by atoms with van der Waals surface area (Å²) in [5, 5.41) is 0. The van der Waals surface area contributed by atoms with Crippen LogP contribution in [0.4, 0.5) is 0 Å². The van der Waals surface area contributed by atoms with E-state index in [1.54, 1.807) is 6.20 Å². The molecule has 0 aromatic carbocycles. The van der Waals surface area contributed by atoms with Gasteiger partial charge in [-0.25, -0.2) is 4.98 Å². The summed E-state index contributed by atoms with van der Waals surface area (Å²) in [6.07, 6.45) is 3.83. The normalized spacial score (nSPS) is 10.6. The molecule has 0 aliphatic heterocycles. The zero-order valence-corrected chi connectivity index (χ0v) is 8.72. The van der Waals surface area contributed by atoms with Crippen molar-refractivity contribution in [1.29, 1.82) is 0 Å². The van der Waals surface area contributed by atoms with Gasteiger partial charge in [0.05, 0.1) is 12.6 Å². The second kappa shape index (κ2) is 3.59. The highest BCUT2D eigenvalue weighted by atomic mass is 28.3. The third-order valence-corrected chi connectivity index (χ3v) is 2.14. The van der Waals surface area contributed by atoms with Crippen molar-refractivity contribution in [2.75, 3.05) is 0 Å². The van der Waals surface area contributed by atoms with Crippen molar-refractivity contribution >= 4 is 8.07 Å². The molecule has 0 spiro atoms. The lowest BCUT2D eigenvalue weighted by molar-refractivity contribution is 0.518. The predicted molar refractivity (Wildman–Crippen MR) is 51.3 cm³/mol. The van der Waals surface area contributed by atoms with Crippen LogP contribution in [-0.4, -0.2) is 13.1 Å². The van der Waals surface area contributed by atoms with Gasteiger partial charge in [-0.15, -0.1) is 11.5 Å². The standard InChI is InChI=1S/C9H13NOSi/c1-12(2,3)6-4-5-9-7-10-8-11-9/h7-8H,5H2,1-3H3. The quantitative estimate of drug-likeness (QED) is 0.487. The van der Waals surface area contributed by atoms with Crippen molar-refractivity contribution in [2.45, 2.75) is 26.1 Å². The van der Waals surface area contributed by atoms with Gasteiger partial charge in [-0.3, -0.25) is 0 Å². The summed E-state index contributed by atoms with van der Waals surface area (Å²) in [5.41, 5.74) is 3.26. The first-order chi connectivity index (χ1) is 5.58. The largest absolute Gasteiger partial charge is 0.448 e. The highest BCUT2D eigenvalue weighted by Crippen LogP contribution is 1.99. The van der Waals surface area contributed by atoms with Gasteiger partial charge in [-0.05, 0) is 0 Å². The molecule has 1 aromatic rings. The van der Waals surface area contributed by atoms with E-state index in [0.717, 1.165) is 5.76 Å². The summed E-state index contributed by atoms with van der Waals surface area (Å²) < 4.78 is 5.05. The molecule has 0 amide bonds. The Morgan fingerprint density at radius 3 is 2.75 bits per heavy atom. The van der Waals surface area contributed by atoms with Crippen LogP contribution < -0.4 is 0 Å². The van der Waals surface area contributed by atoms with Gasteiger partial charge in [0.1, 0.15) is 13.8 Å². The maximum absolute atomic E-state index is 5.05. The lowest BCUT2D eigenvalue weighted by atomic mass is 10.4. The third-order valence-electron chi connectivity index (χ3n) is 1.21. The predicted octanol–water partition coefficient (Wildman–Crippen LogP) is 2.10. The van der Waals surface area contributed by atoms with Crippen molar-refractivity contribution in [1.82, 2.24) is 4.98 Å². The van der Waals surface area contributed by atoms with Gasteiger partial charge >= 0.3 is 0 Å². The first-order valence-corrected chi connectivity index (χ1v) is 7.45. The van der Waals surface area contributed by atoms with Crippen LogP contribution in [0.1, 0.15) is 5.76 Å². The SMILES string of the molecule is C[Si](C)(C)C#CCc1cnco1. The van der Waals surface area contributed by atoms with Crippen molar-refractivity contribution in [3.63, 3.8) is 0 Å². The summed E-state index contributed by atoms with van der Waals surface area (Å²) in [6.45, 7) is 6.67. The van der Waals surface area contributed by atoms with E-state index < -0.39 is 8.07 Å². The Kier molecular flexibility index (Phi) is 2.72. The Balaban J connectivity index is 2.49. The smallest absolute Gasteiger partial charge is 0.180 e. The first-order valence-electron chi connectivity index (χ1n) is 3.95. The number of hydrogen-bond donors (Lipinski definition) is 0. The molecule has 3 heteroatoms. The maximum Gasteiger partial charge on any atom is 0.180 e. The van der Waals surface area contributed by atoms with Crippen LogP contribution in [-0.2, 0) is 6.42 Å². The van der Waals surface area contributed by atoms with Crippen molar-refractivity contribution in [3.05, 3.63) is 18.4 Å². The van der Waals surface area contributed by atoms with Crippen LogP contribution in [0.25, 0.3) is 0 Å². The number of aromatic nitrogens is 1. The van der Waals surface area contributed by atoms with Gasteiger partial charge < -0.3 is 4.42 Å². The molecule has 0 radical (unpaired) electrons. The Morgan fingerprint density at radius 1 is 1.50 bits per heavy atom. The van der Waals surface area contributed by atoms with E-state index in [0.29, 0.717) is 6.42 Å². The van der Waals surface area contributed by atoms with E-state index in [1.165, 1.54) is 6.39 Å². The van der Waals surface area contributed by atoms with Crippen LogP contribution in [0.5, 0.6) is 0 Å². The van der Waals surface area contributed by atoms with E-state index in [1.807, 2.05) is 0 Å². The van der Waals surface area contributed by atoms with Gasteiger partial charge in [0, 0.05) is 0 Å². The minimum atomic E-state index is -1.21. The fourth-order valence-electron chi connectivity index (χ4n) is 0.726. The number of hydrogen-bond acceptors (Lipinski definition) is 2. The second-order valence-electron chi connectivity index (χ2n) is 3.70. The summed E-state index contributed by atoms with van der Waals surface area (Å²) in [5.74, 6) is 3.95. The topological polar surface area (TPSA) is 26.0 Å². The molecule has 0 aliphatic rings. The molecule has 0 bridgehead atoms. The Morgan fingerprint density at radius 2 is 2.25 bits per heavy atom. The summed E-state index contributed by atoms with van der Waals surface area (Å²) in [4.78, 5) is 3.81. The van der Waals surface area contributed by atoms with Crippen molar-refractivity contribution in [3.8, 4) is 11.5 Å². The van der Waals surface area contributed by atoms with E-state index >= 15 is 0 Å². The molecule has 0 atom stereocenters. The molecule has 0 saturated heterocycles. The van der Waals surface area contributed by atoms with Gasteiger partial charge in [-0.2, -0.15) is 0 Å². The van der Waals surface area contributed by atoms with Crippen LogP contribution in [0.15, 0.2) is 17.0 Å². The van der Waals surface area contributed by atoms with Gasteiger partial charge in [-0.1, -0.05) is 19.6 Å². The van der Waals surface area contributed by atoms with E-state index in [9.17, 15) is 0 Å². The summed E-state index contributed by atoms with van der Waals surface area (Å²) >= 11 is 0. The van der Waals surface area contributed by atoms with E-state index in [-0.39, 0.29) is 0 Å². The van der Waals surface area contributed by atoms with Crippen LogP contribution in [0, 0.1) is 11.5 Å². The molecule has 0 N–H and O–H groups in total. The highest BCUT2D eigenvalue weighted by molar-refractivity contribution is 6.83. The second-order valence-corrected chi connectivity index (χ2v) is 8.45. The molecule has 12 heavy (non-hydrogen) atoms. The summed E-state index contributed by atoms with van der Waals surface area (Å²) in [6, 6.07) is 0. The molecule has 0 saturated carbocycles. The maximum atomic E-state index is 5.05. The zero-order chi connectivity index (χ0) is 9.03. The van der Waals surface area contributed by atoms with Crippen LogP contribution in [0.2, 0.25) is 19.6 Å². The number of rotatable bonds is 1. The minimum absolute atomic E-state index is 0.685. The third kappa shape index (κ3) is 3.40. The van der Waals surface area contributed by atoms with Crippen molar-refractivity contribution in [2.24, 2.45) is 0 Å². The molecule has 0 fully saturated rings. The zero-order valence-electron chi connectivity index (χ0n) is 7.72. The Labute approximate surface area is 74.0 Å². The Hall–Kier alpha value is -1.01. The molecular weight excluding hydrogens is 166 g/mol. The Bertz CT molecular complexity index is 287. The molecule has 1 aromatic heterocycles. The lowest BCUT2D eigenvalue weighted by Gasteiger charge is -2.02. The fourth-order valence-corrected chi connectivity index (χ4v) is 1.34. The molecule has 64 valence electrons. The average molecular weight is 179 g/mol. The van der Waals surface area contributed by atoms with Gasteiger partial charge in [0.25, 0.3) is 0 Å². The van der Waals surface area contributed by atoms with E-state index in [2.05, 4.69) is 36.1 Å². The fraction of sp³-hybridized carbons (Fsp3) is 0.444. The van der Waals surface area contributed by atoms with Crippen LogP contribution >= 0.6 is 0 Å². The monoisotopic (exact) mass is 179 g/mol. The highest BCUT2D eigenvalue weighted by Gasteiger charge is 2.07. The molecule has 1 rings (SSSR count). The molecule has 0 unspecified atom stereocenters. The molecule has 0 aliphatic carbocycles. The van der Waals surface area contributed by atoms with Crippen molar-refractivity contribution < 1.29 is 4.42 Å². The molecular formula is C9H13NOSi. The van der Waals surface area contributed by atoms with Gasteiger partial charge in [0.2, 0.25) is 0 Å². The van der Waals surface area contributed by atoms with Gasteiger partial charge in [0.15, 0.2) is 6.39 Å². The van der Waals surface area contributed by atoms with E-state index in [4.69, 9.17) is 4.42 Å². The minimum Gasteiger partial charge on any atom is -0.448 e. The first kappa shape index (κ1) is 9.08. The lowest BCUT2D eigenvalue weighted by Crippen LogP contribution is -2.16. The molecule has 1 heterocycles. The molecule has 2 nitrogen and oxygen atoms in total. The van der Waals surface area contributed by atoms with Crippen LogP contribution in [0.3, 0.4) is 0 Å².